The van der Waals surface area contributed by atoms with Crippen molar-refractivity contribution in [2.24, 2.45) is 0 Å². The van der Waals surface area contributed by atoms with Crippen LogP contribution in [0.15, 0.2) is 30.3 Å². The van der Waals surface area contributed by atoms with Gasteiger partial charge in [0.1, 0.15) is 0 Å². The van der Waals surface area contributed by atoms with E-state index in [1.54, 1.807) is 6.92 Å². The molecule has 0 unspecified atom stereocenters. The molecular formula is C14H10F3NO. The fourth-order valence-corrected chi connectivity index (χ4v) is 1.85. The highest BCUT2D eigenvalue weighted by Gasteiger charge is 2.14. The number of hydrogen-bond donors (Lipinski definition) is 1. The largest absolute Gasteiger partial charge is 0.326 e. The van der Waals surface area contributed by atoms with Gasteiger partial charge in [0, 0.05) is 5.56 Å². The number of hydrogen-bond acceptors (Lipinski definition) is 1. The van der Waals surface area contributed by atoms with E-state index in [2.05, 4.69) is 5.32 Å². The normalized spacial score (nSPS) is 10.3. The lowest BCUT2D eigenvalue weighted by atomic mass is 9.99. The molecule has 0 spiro atoms. The summed E-state index contributed by atoms with van der Waals surface area (Å²) in [6.45, 7) is 1.55. The van der Waals surface area contributed by atoms with Crippen LogP contribution in [0.1, 0.15) is 5.56 Å². The van der Waals surface area contributed by atoms with Crippen LogP contribution in [-0.2, 0) is 4.79 Å². The molecule has 2 aromatic carbocycles. The van der Waals surface area contributed by atoms with Crippen LogP contribution in [-0.4, -0.2) is 6.41 Å². The maximum absolute atomic E-state index is 14.1. The molecule has 0 fully saturated rings. The van der Waals surface area contributed by atoms with E-state index in [0.717, 1.165) is 12.1 Å². The Hall–Kier alpha value is -2.30. The number of benzene rings is 2. The zero-order valence-corrected chi connectivity index (χ0v) is 10.0. The van der Waals surface area contributed by atoms with Crippen LogP contribution in [0.2, 0.25) is 0 Å². The Balaban J connectivity index is 2.62. The molecule has 98 valence electrons. The third-order valence-corrected chi connectivity index (χ3v) is 2.77. The van der Waals surface area contributed by atoms with E-state index in [-0.39, 0.29) is 16.8 Å². The van der Waals surface area contributed by atoms with Gasteiger partial charge in [-0.25, -0.2) is 13.2 Å². The van der Waals surface area contributed by atoms with E-state index in [1.807, 2.05) is 0 Å². The molecule has 0 saturated heterocycles. The van der Waals surface area contributed by atoms with Gasteiger partial charge in [0.05, 0.1) is 5.69 Å². The third-order valence-electron chi connectivity index (χ3n) is 2.77. The van der Waals surface area contributed by atoms with Crippen molar-refractivity contribution in [1.82, 2.24) is 0 Å². The first-order valence-electron chi connectivity index (χ1n) is 5.49. The minimum Gasteiger partial charge on any atom is -0.326 e. The highest BCUT2D eigenvalue weighted by Crippen LogP contribution is 2.31. The number of anilines is 1. The van der Waals surface area contributed by atoms with Gasteiger partial charge in [0.15, 0.2) is 17.5 Å². The van der Waals surface area contributed by atoms with Gasteiger partial charge in [-0.1, -0.05) is 12.1 Å². The fraction of sp³-hybridized carbons (Fsp3) is 0.0714. The predicted molar refractivity (Wildman–Crippen MR) is 66.2 cm³/mol. The first kappa shape index (κ1) is 13.1. The summed E-state index contributed by atoms with van der Waals surface area (Å²) in [7, 11) is 0. The molecule has 5 heteroatoms. The number of rotatable bonds is 3. The van der Waals surface area contributed by atoms with Crippen molar-refractivity contribution in [3.05, 3.63) is 53.3 Å². The van der Waals surface area contributed by atoms with Crippen LogP contribution in [0.5, 0.6) is 0 Å². The van der Waals surface area contributed by atoms with E-state index >= 15 is 0 Å². The van der Waals surface area contributed by atoms with Crippen molar-refractivity contribution in [1.29, 1.82) is 0 Å². The van der Waals surface area contributed by atoms with Crippen molar-refractivity contribution >= 4 is 12.1 Å². The summed E-state index contributed by atoms with van der Waals surface area (Å²) >= 11 is 0. The zero-order chi connectivity index (χ0) is 14.0. The standard InChI is InChI=1S/C14H10F3NO/c1-8-5-11(15)12(16)6-10(8)9-3-2-4-13(14(9)17)18-7-19/h2-7H,1H3,(H,18,19). The second kappa shape index (κ2) is 5.14. The Morgan fingerprint density at radius 3 is 2.42 bits per heavy atom. The quantitative estimate of drug-likeness (QED) is 0.843. The lowest BCUT2D eigenvalue weighted by Gasteiger charge is -2.10. The third kappa shape index (κ3) is 2.45. The van der Waals surface area contributed by atoms with Crippen LogP contribution < -0.4 is 5.32 Å². The van der Waals surface area contributed by atoms with Crippen LogP contribution in [0.4, 0.5) is 18.9 Å². The Labute approximate surface area is 107 Å². The smallest absolute Gasteiger partial charge is 0.211 e. The molecule has 0 atom stereocenters. The van der Waals surface area contributed by atoms with Gasteiger partial charge < -0.3 is 5.32 Å². The average Bonchev–Trinajstić information content (AvgIpc) is 2.37. The van der Waals surface area contributed by atoms with Crippen molar-refractivity contribution in [2.45, 2.75) is 6.92 Å². The molecule has 2 aromatic rings. The Bertz CT molecular complexity index is 641. The Morgan fingerprint density at radius 1 is 1.05 bits per heavy atom. The monoisotopic (exact) mass is 265 g/mol. The number of carbonyl (C=O) groups is 1. The number of carbonyl (C=O) groups excluding carboxylic acids is 1. The summed E-state index contributed by atoms with van der Waals surface area (Å²) in [6.07, 6.45) is 0.348. The van der Waals surface area contributed by atoms with Crippen LogP contribution in [0.25, 0.3) is 11.1 Å². The lowest BCUT2D eigenvalue weighted by molar-refractivity contribution is -0.105. The molecule has 1 amide bonds. The maximum atomic E-state index is 14.1. The number of nitrogens with one attached hydrogen (secondary N) is 1. The summed E-state index contributed by atoms with van der Waals surface area (Å²) < 4.78 is 40.4. The van der Waals surface area contributed by atoms with Gasteiger partial charge in [-0.05, 0) is 36.2 Å². The molecule has 0 bridgehead atoms. The molecule has 19 heavy (non-hydrogen) atoms. The topological polar surface area (TPSA) is 29.1 Å². The van der Waals surface area contributed by atoms with Gasteiger partial charge in [0.2, 0.25) is 6.41 Å². The molecule has 2 nitrogen and oxygen atoms in total. The second-order valence-electron chi connectivity index (χ2n) is 4.01. The van der Waals surface area contributed by atoms with Gasteiger partial charge >= 0.3 is 0 Å². The fourth-order valence-electron chi connectivity index (χ4n) is 1.85. The summed E-state index contributed by atoms with van der Waals surface area (Å²) in [4.78, 5) is 10.4. The molecule has 2 rings (SSSR count). The van der Waals surface area contributed by atoms with Gasteiger partial charge in [-0.3, -0.25) is 4.79 Å². The molecule has 1 N–H and O–H groups in total. The minimum atomic E-state index is -1.05. The van der Waals surface area contributed by atoms with Crippen molar-refractivity contribution in [3.8, 4) is 11.1 Å². The van der Waals surface area contributed by atoms with Crippen LogP contribution in [0.3, 0.4) is 0 Å². The summed E-state index contributed by atoms with van der Waals surface area (Å²) in [5.74, 6) is -2.72. The summed E-state index contributed by atoms with van der Waals surface area (Å²) in [5.41, 5.74) is 0.729. The highest BCUT2D eigenvalue weighted by molar-refractivity contribution is 5.77. The maximum Gasteiger partial charge on any atom is 0.211 e. The molecule has 0 heterocycles. The molecule has 0 aliphatic rings. The lowest BCUT2D eigenvalue weighted by Crippen LogP contribution is -1.99. The number of aryl methyl sites for hydroxylation is 1. The van der Waals surface area contributed by atoms with Crippen LogP contribution >= 0.6 is 0 Å². The van der Waals surface area contributed by atoms with Gasteiger partial charge in [0.25, 0.3) is 0 Å². The van der Waals surface area contributed by atoms with Crippen molar-refractivity contribution in [2.75, 3.05) is 5.32 Å². The first-order chi connectivity index (χ1) is 9.04. The van der Waals surface area contributed by atoms with E-state index < -0.39 is 17.5 Å². The molecular weight excluding hydrogens is 255 g/mol. The summed E-state index contributed by atoms with van der Waals surface area (Å²) in [6, 6.07) is 6.27. The van der Waals surface area contributed by atoms with E-state index in [9.17, 15) is 18.0 Å². The molecule has 0 radical (unpaired) electrons. The first-order valence-corrected chi connectivity index (χ1v) is 5.49. The zero-order valence-electron chi connectivity index (χ0n) is 10.0. The SMILES string of the molecule is Cc1cc(F)c(F)cc1-c1cccc(NC=O)c1F. The van der Waals surface area contributed by atoms with Crippen LogP contribution in [0, 0.1) is 24.4 Å². The minimum absolute atomic E-state index is 0.0170. The molecule has 0 aromatic heterocycles. The van der Waals surface area contributed by atoms with E-state index in [1.165, 1.54) is 18.2 Å². The molecule has 0 aliphatic carbocycles. The molecule has 0 aliphatic heterocycles. The van der Waals surface area contributed by atoms with Crippen molar-refractivity contribution < 1.29 is 18.0 Å². The van der Waals surface area contributed by atoms with E-state index in [0.29, 0.717) is 12.0 Å². The number of amides is 1. The van der Waals surface area contributed by atoms with Gasteiger partial charge in [-0.2, -0.15) is 0 Å². The summed E-state index contributed by atoms with van der Waals surface area (Å²) in [5, 5.41) is 2.21. The van der Waals surface area contributed by atoms with Gasteiger partial charge in [-0.15, -0.1) is 0 Å². The van der Waals surface area contributed by atoms with E-state index in [4.69, 9.17) is 0 Å². The Morgan fingerprint density at radius 2 is 1.74 bits per heavy atom. The Kier molecular flexibility index (Phi) is 3.55. The number of halogens is 3. The highest BCUT2D eigenvalue weighted by atomic mass is 19.2. The average molecular weight is 265 g/mol. The van der Waals surface area contributed by atoms with Crippen molar-refractivity contribution in [3.63, 3.8) is 0 Å². The molecule has 0 saturated carbocycles. The predicted octanol–water partition coefficient (Wildman–Crippen LogP) is 3.65. The second-order valence-corrected chi connectivity index (χ2v) is 4.01.